The molecule has 1 heterocycles. The van der Waals surface area contributed by atoms with Crippen LogP contribution in [0.4, 0.5) is 22.7 Å². The van der Waals surface area contributed by atoms with Crippen molar-refractivity contribution < 1.29 is 62.7 Å². The molecule has 0 spiro atoms. The maximum Gasteiger partial charge on any atom is 0.333 e. The number of nitrogens with one attached hydrogen (secondary N) is 2. The van der Waals surface area contributed by atoms with Crippen molar-refractivity contribution >= 4 is 64.2 Å². The number of aliphatic carboxylic acids is 1. The van der Waals surface area contributed by atoms with Crippen LogP contribution in [0.1, 0.15) is 207 Å². The van der Waals surface area contributed by atoms with Crippen molar-refractivity contribution in [3.8, 4) is 0 Å². The maximum absolute atomic E-state index is 13.8. The Hall–Kier alpha value is -7.17. The SMILES string of the molecule is C.C=C(C)C(=O)OCC(O)COC(=O)C(C)(C)CC.CCC(C)(C)C(=O)O.CCC(C)(C)C(=O)OC1CC(C)(C)N(C)C(C)(C)C1.CCC(C)(C)C(=O)OCc1ccc(Nc2ccc(Nc3ccc(C)cc3)c3c2C(=O)c2ccccc2C3=O)cc1. The third kappa shape index (κ3) is 20.8. The molecule has 16 nitrogen and oxygen atoms in total. The summed E-state index contributed by atoms with van der Waals surface area (Å²) in [5.74, 6) is -2.37. The Morgan fingerprint density at radius 2 is 1.00 bits per heavy atom. The van der Waals surface area contributed by atoms with Crippen LogP contribution in [0.2, 0.25) is 0 Å². The minimum absolute atomic E-state index is 0. The number of anilines is 4. The van der Waals surface area contributed by atoms with Crippen LogP contribution >= 0.6 is 0 Å². The molecule has 474 valence electrons. The average Bonchev–Trinajstić information content (AvgIpc) is 1.20. The summed E-state index contributed by atoms with van der Waals surface area (Å²) >= 11 is 0. The molecule has 2 aliphatic rings. The highest BCUT2D eigenvalue weighted by Gasteiger charge is 2.45. The van der Waals surface area contributed by atoms with Crippen LogP contribution in [0.25, 0.3) is 0 Å². The summed E-state index contributed by atoms with van der Waals surface area (Å²) in [6.45, 7) is 38.0. The normalized spacial score (nSPS) is 14.8. The number of nitrogens with zero attached hydrogens (tertiary/aromatic N) is 1. The molecule has 6 rings (SSSR count). The largest absolute Gasteiger partial charge is 0.481 e. The number of esters is 4. The lowest BCUT2D eigenvalue weighted by atomic mass is 9.78. The quantitative estimate of drug-likeness (QED) is 0.0323. The minimum atomic E-state index is -1.02. The summed E-state index contributed by atoms with van der Waals surface area (Å²) in [6.07, 6.45) is 3.64. The highest BCUT2D eigenvalue weighted by atomic mass is 16.6. The number of aliphatic hydroxyl groups is 1. The van der Waals surface area contributed by atoms with Crippen molar-refractivity contribution in [3.63, 3.8) is 0 Å². The van der Waals surface area contributed by atoms with Crippen LogP contribution < -0.4 is 10.6 Å². The predicted octanol–water partition coefficient (Wildman–Crippen LogP) is 14.9. The van der Waals surface area contributed by atoms with Gasteiger partial charge in [0, 0.05) is 52.0 Å². The molecule has 1 atom stereocenters. The number of aliphatic hydroxyl groups excluding tert-OH is 1. The highest BCUT2D eigenvalue weighted by molar-refractivity contribution is 6.32. The number of carbonyl (C=O) groups excluding carboxylic acids is 6. The summed E-state index contributed by atoms with van der Waals surface area (Å²) in [5, 5.41) is 24.6. The fourth-order valence-electron chi connectivity index (χ4n) is 8.38. The van der Waals surface area contributed by atoms with E-state index in [1.165, 1.54) is 6.92 Å². The number of benzene rings is 4. The van der Waals surface area contributed by atoms with Crippen molar-refractivity contribution in [3.05, 3.63) is 130 Å². The Balaban J connectivity index is 0.000000458. The summed E-state index contributed by atoms with van der Waals surface area (Å²) in [4.78, 5) is 87.3. The smallest absolute Gasteiger partial charge is 0.333 e. The Labute approximate surface area is 513 Å². The van der Waals surface area contributed by atoms with E-state index >= 15 is 0 Å². The molecule has 0 bridgehead atoms. The number of aryl methyl sites for hydroxylation is 1. The maximum atomic E-state index is 13.8. The first kappa shape index (κ1) is 74.9. The zero-order valence-corrected chi connectivity index (χ0v) is 54.1. The van der Waals surface area contributed by atoms with Crippen molar-refractivity contribution in [1.29, 1.82) is 0 Å². The van der Waals surface area contributed by atoms with E-state index in [4.69, 9.17) is 24.1 Å². The van der Waals surface area contributed by atoms with Gasteiger partial charge in [-0.05, 0) is 172 Å². The van der Waals surface area contributed by atoms with Crippen LogP contribution in [0.15, 0.2) is 97.1 Å². The Bertz CT molecular complexity index is 2970. The molecule has 1 aliphatic carbocycles. The van der Waals surface area contributed by atoms with E-state index in [0.29, 0.717) is 52.9 Å². The van der Waals surface area contributed by atoms with Gasteiger partial charge in [0.1, 0.15) is 32.0 Å². The lowest BCUT2D eigenvalue weighted by Crippen LogP contribution is -2.60. The van der Waals surface area contributed by atoms with E-state index in [-0.39, 0.29) is 84.9 Å². The Morgan fingerprint density at radius 3 is 1.38 bits per heavy atom. The summed E-state index contributed by atoms with van der Waals surface area (Å²) in [7, 11) is 2.16. The molecular weight excluding hydrogens is 1090 g/mol. The summed E-state index contributed by atoms with van der Waals surface area (Å²) < 4.78 is 21.0. The number of hydrogen-bond donors (Lipinski definition) is 4. The molecule has 4 N–H and O–H groups in total. The van der Waals surface area contributed by atoms with Gasteiger partial charge in [0.2, 0.25) is 0 Å². The molecule has 1 unspecified atom stereocenters. The molecule has 1 fully saturated rings. The van der Waals surface area contributed by atoms with E-state index < -0.39 is 34.3 Å². The third-order valence-electron chi connectivity index (χ3n) is 16.5. The van der Waals surface area contributed by atoms with Gasteiger partial charge in [-0.15, -0.1) is 0 Å². The molecule has 0 aromatic heterocycles. The second kappa shape index (κ2) is 31.5. The van der Waals surface area contributed by atoms with Gasteiger partial charge < -0.3 is 39.8 Å². The Morgan fingerprint density at radius 1 is 0.616 bits per heavy atom. The molecular formula is C70H101N3O13. The van der Waals surface area contributed by atoms with Crippen molar-refractivity contribution in [2.45, 2.75) is 200 Å². The molecule has 4 aromatic rings. The first-order valence-electron chi connectivity index (χ1n) is 29.4. The van der Waals surface area contributed by atoms with Gasteiger partial charge in [0.05, 0.1) is 44.2 Å². The van der Waals surface area contributed by atoms with Gasteiger partial charge in [0.25, 0.3) is 0 Å². The fourth-order valence-corrected chi connectivity index (χ4v) is 8.38. The zero-order chi connectivity index (χ0) is 64.6. The number of likely N-dealkylation sites (tertiary alicyclic amines) is 1. The lowest BCUT2D eigenvalue weighted by Gasteiger charge is -2.53. The van der Waals surface area contributed by atoms with E-state index in [1.54, 1.807) is 52.0 Å². The fraction of sp³-hybridized carbons (Fsp3) is 0.529. The molecule has 0 amide bonds. The topological polar surface area (TPSA) is 224 Å². The van der Waals surface area contributed by atoms with Gasteiger partial charge in [-0.3, -0.25) is 33.7 Å². The number of carboxylic acids is 1. The van der Waals surface area contributed by atoms with Gasteiger partial charge in [-0.1, -0.05) is 95.8 Å². The van der Waals surface area contributed by atoms with Crippen molar-refractivity contribution in [2.75, 3.05) is 30.9 Å². The molecule has 1 saturated heterocycles. The molecule has 86 heavy (non-hydrogen) atoms. The number of piperidine rings is 1. The standard InChI is InChI=1S/C34H32N2O4.C16H31NO2.C13H22O5.C6H12O2.CH4/c1-5-34(3,4)33(39)40-20-22-12-16-24(17-13-22)36-28-19-18-27(35-23-14-10-21(2)11-15-23)29-30(28)32(38)26-9-7-6-8-25(26)31(29)37;1-9-14(2,3)13(18)19-12-10-15(4,5)17(8)16(6,7)11-12;1-6-13(4,5)12(16)18-8-10(14)7-17-11(15)9(2)3;1-4-6(2,3)5(7)8;/h6-19,35-36H,5,20H2,1-4H3;12H,9-11H2,1-8H3;10,14H,2,6-8H2,1,3-5H3;4H2,1-3H3,(H,7,8);1H4. The van der Waals surface area contributed by atoms with Crippen molar-refractivity contribution in [1.82, 2.24) is 4.90 Å². The van der Waals surface area contributed by atoms with Gasteiger partial charge in [-0.2, -0.15) is 0 Å². The monoisotopic (exact) mass is 1190 g/mol. The number of fused-ring (bicyclic) bond motifs is 2. The molecule has 1 aliphatic heterocycles. The average molecular weight is 1190 g/mol. The van der Waals surface area contributed by atoms with E-state index in [1.807, 2.05) is 123 Å². The van der Waals surface area contributed by atoms with Crippen LogP contribution in [-0.2, 0) is 49.5 Å². The number of carbonyl (C=O) groups is 7. The van der Waals surface area contributed by atoms with Crippen LogP contribution in [-0.4, -0.2) is 100 Å². The zero-order valence-electron chi connectivity index (χ0n) is 54.1. The summed E-state index contributed by atoms with van der Waals surface area (Å²) in [5.41, 5.74) is 4.48. The van der Waals surface area contributed by atoms with Gasteiger partial charge >= 0.3 is 29.8 Å². The number of ketones is 2. The molecule has 16 heteroatoms. The molecule has 4 aromatic carbocycles. The number of hydrogen-bond acceptors (Lipinski definition) is 15. The number of carboxylic acid groups (broad SMARTS) is 1. The van der Waals surface area contributed by atoms with Crippen LogP contribution in [0, 0.1) is 28.6 Å². The first-order valence-corrected chi connectivity index (χ1v) is 29.4. The predicted molar refractivity (Wildman–Crippen MR) is 342 cm³/mol. The lowest BCUT2D eigenvalue weighted by molar-refractivity contribution is -0.169. The van der Waals surface area contributed by atoms with E-state index in [0.717, 1.165) is 41.8 Å². The van der Waals surface area contributed by atoms with E-state index in [9.17, 15) is 38.7 Å². The highest BCUT2D eigenvalue weighted by Crippen LogP contribution is 2.41. The second-order valence-corrected chi connectivity index (χ2v) is 26.0. The molecule has 0 radical (unpaired) electrons. The van der Waals surface area contributed by atoms with E-state index in [2.05, 4.69) is 56.9 Å². The number of rotatable bonds is 20. The number of ether oxygens (including phenoxy) is 4. The van der Waals surface area contributed by atoms with Crippen molar-refractivity contribution in [2.24, 2.45) is 21.7 Å². The molecule has 0 saturated carbocycles. The van der Waals surface area contributed by atoms with Gasteiger partial charge in [-0.25, -0.2) is 4.79 Å². The van der Waals surface area contributed by atoms with Gasteiger partial charge in [0.15, 0.2) is 11.6 Å². The van der Waals surface area contributed by atoms with Crippen LogP contribution in [0.5, 0.6) is 0 Å². The third-order valence-corrected chi connectivity index (χ3v) is 16.5. The summed E-state index contributed by atoms with van der Waals surface area (Å²) in [6, 6.07) is 25.9. The minimum Gasteiger partial charge on any atom is -0.481 e. The first-order chi connectivity index (χ1) is 39.3. The van der Waals surface area contributed by atoms with Crippen LogP contribution in [0.3, 0.4) is 0 Å². The second-order valence-electron chi connectivity index (χ2n) is 26.0. The Kier molecular flexibility index (Phi) is 27.4.